The zero-order chi connectivity index (χ0) is 20.3. The molecule has 1 heterocycles. The van der Waals surface area contributed by atoms with Gasteiger partial charge in [-0.15, -0.1) is 0 Å². The minimum atomic E-state index is -1.00. The summed E-state index contributed by atoms with van der Waals surface area (Å²) in [7, 11) is 3.14. The number of aryl methyl sites for hydroxylation is 1. The van der Waals surface area contributed by atoms with Gasteiger partial charge in [-0.25, -0.2) is 4.79 Å². The van der Waals surface area contributed by atoms with Crippen molar-refractivity contribution in [3.8, 4) is 5.75 Å². The summed E-state index contributed by atoms with van der Waals surface area (Å²) in [4.78, 5) is 38.5. The van der Waals surface area contributed by atoms with E-state index in [2.05, 4.69) is 10.3 Å². The first-order valence-electron chi connectivity index (χ1n) is 8.72. The van der Waals surface area contributed by atoms with Crippen LogP contribution in [0.15, 0.2) is 47.3 Å². The Bertz CT molecular complexity index is 1080. The van der Waals surface area contributed by atoms with Crippen LogP contribution in [0.3, 0.4) is 0 Å². The van der Waals surface area contributed by atoms with Gasteiger partial charge in [-0.3, -0.25) is 14.2 Å². The highest BCUT2D eigenvalue weighted by Crippen LogP contribution is 2.21. The second kappa shape index (κ2) is 7.99. The number of carbonyl (C=O) groups excluding carboxylic acids is 1. The molecular formula is C20H21N3O5. The molecule has 0 aliphatic carbocycles. The van der Waals surface area contributed by atoms with E-state index < -0.39 is 17.8 Å². The predicted molar refractivity (Wildman–Crippen MR) is 104 cm³/mol. The Hall–Kier alpha value is -3.55. The number of fused-ring (bicyclic) bond motifs is 1. The van der Waals surface area contributed by atoms with Crippen LogP contribution >= 0.6 is 0 Å². The number of aromatic nitrogens is 2. The fraction of sp³-hybridized carbons (Fsp3) is 0.250. The lowest BCUT2D eigenvalue weighted by molar-refractivity contribution is -0.141. The van der Waals surface area contributed by atoms with Gasteiger partial charge in [-0.05, 0) is 36.2 Å². The van der Waals surface area contributed by atoms with Crippen LogP contribution in [-0.4, -0.2) is 40.2 Å². The number of ether oxygens (including phenoxy) is 1. The third kappa shape index (κ3) is 3.90. The summed E-state index contributed by atoms with van der Waals surface area (Å²) in [6.07, 6.45) is 0.227. The molecule has 1 amide bonds. The van der Waals surface area contributed by atoms with Crippen molar-refractivity contribution in [3.63, 3.8) is 0 Å². The van der Waals surface area contributed by atoms with E-state index in [1.165, 1.54) is 11.7 Å². The molecule has 1 atom stereocenters. The monoisotopic (exact) mass is 383 g/mol. The van der Waals surface area contributed by atoms with Gasteiger partial charge in [0.05, 0.1) is 24.1 Å². The first-order valence-corrected chi connectivity index (χ1v) is 8.72. The summed E-state index contributed by atoms with van der Waals surface area (Å²) in [6.45, 7) is -0.0314. The van der Waals surface area contributed by atoms with Crippen LogP contribution in [0.4, 0.5) is 0 Å². The number of methoxy groups -OCH3 is 1. The molecule has 3 N–H and O–H groups in total. The first-order chi connectivity index (χ1) is 13.4. The molecule has 1 aromatic heterocycles. The maximum atomic E-state index is 12.5. The maximum Gasteiger partial charge on any atom is 0.326 e. The molecule has 0 spiro atoms. The molecule has 0 bridgehead atoms. The summed E-state index contributed by atoms with van der Waals surface area (Å²) in [6, 6.07) is 12.0. The number of hydrogen-bond acceptors (Lipinski definition) is 4. The Morgan fingerprint density at radius 3 is 2.71 bits per heavy atom. The molecule has 2 aromatic carbocycles. The van der Waals surface area contributed by atoms with E-state index in [0.29, 0.717) is 22.3 Å². The molecule has 0 saturated carbocycles. The van der Waals surface area contributed by atoms with Crippen molar-refractivity contribution < 1.29 is 19.4 Å². The molecule has 3 rings (SSSR count). The summed E-state index contributed by atoms with van der Waals surface area (Å²) in [5.41, 5.74) is 2.07. The van der Waals surface area contributed by atoms with E-state index in [9.17, 15) is 19.5 Å². The van der Waals surface area contributed by atoms with Crippen LogP contribution in [0.2, 0.25) is 0 Å². The van der Waals surface area contributed by atoms with Gasteiger partial charge >= 0.3 is 11.7 Å². The van der Waals surface area contributed by atoms with Gasteiger partial charge in [0.2, 0.25) is 0 Å². The summed E-state index contributed by atoms with van der Waals surface area (Å²) in [5.74, 6) is -1.60. The van der Waals surface area contributed by atoms with Crippen molar-refractivity contribution in [2.45, 2.75) is 6.42 Å². The Kier molecular flexibility index (Phi) is 5.49. The van der Waals surface area contributed by atoms with Crippen LogP contribution < -0.4 is 15.7 Å². The molecule has 0 aliphatic rings. The summed E-state index contributed by atoms with van der Waals surface area (Å²) in [5, 5.41) is 12.2. The Morgan fingerprint density at radius 1 is 1.25 bits per heavy atom. The molecule has 146 valence electrons. The van der Waals surface area contributed by atoms with Crippen molar-refractivity contribution in [3.05, 3.63) is 64.1 Å². The molecule has 0 aliphatic heterocycles. The Balaban J connectivity index is 1.73. The number of imidazole rings is 1. The van der Waals surface area contributed by atoms with Crippen molar-refractivity contribution in [2.24, 2.45) is 13.0 Å². The lowest BCUT2D eigenvalue weighted by atomic mass is 9.98. The third-order valence-corrected chi connectivity index (χ3v) is 4.68. The number of aliphatic carboxylic acids is 1. The lowest BCUT2D eigenvalue weighted by Crippen LogP contribution is -2.34. The fourth-order valence-corrected chi connectivity index (χ4v) is 3.07. The molecule has 0 saturated heterocycles. The minimum Gasteiger partial charge on any atom is -0.496 e. The van der Waals surface area contributed by atoms with E-state index in [1.54, 1.807) is 37.4 Å². The number of carboxylic acid groups (broad SMARTS) is 1. The van der Waals surface area contributed by atoms with E-state index in [0.717, 1.165) is 5.56 Å². The van der Waals surface area contributed by atoms with Crippen molar-refractivity contribution >= 4 is 22.9 Å². The molecule has 3 aromatic rings. The average Bonchev–Trinajstić information content (AvgIpc) is 2.98. The van der Waals surface area contributed by atoms with E-state index in [1.807, 2.05) is 12.1 Å². The summed E-state index contributed by atoms with van der Waals surface area (Å²) < 4.78 is 6.67. The highest BCUT2D eigenvalue weighted by Gasteiger charge is 2.21. The third-order valence-electron chi connectivity index (χ3n) is 4.68. The normalized spacial score (nSPS) is 11.9. The van der Waals surface area contributed by atoms with Crippen LogP contribution in [0.25, 0.3) is 11.0 Å². The van der Waals surface area contributed by atoms with Crippen molar-refractivity contribution in [1.29, 1.82) is 0 Å². The number of amides is 1. The van der Waals surface area contributed by atoms with Crippen molar-refractivity contribution in [1.82, 2.24) is 14.9 Å². The number of nitrogens with one attached hydrogen (secondary N) is 2. The number of aromatic amines is 1. The minimum absolute atomic E-state index is 0.0314. The van der Waals surface area contributed by atoms with Gasteiger partial charge in [0, 0.05) is 19.2 Å². The van der Waals surface area contributed by atoms with Crippen LogP contribution in [0.5, 0.6) is 5.75 Å². The standard InChI is InChI=1S/C20H21N3O5/c1-23-16-10-13(7-8-15(16)22-20(23)27)18(24)21-11-14(19(25)26)9-12-5-3-4-6-17(12)28-2/h3-8,10,14H,9,11H2,1-2H3,(H,21,24)(H,22,27)(H,25,26). The van der Waals surface area contributed by atoms with E-state index in [-0.39, 0.29) is 18.7 Å². The number of nitrogens with zero attached hydrogens (tertiary/aromatic N) is 1. The van der Waals surface area contributed by atoms with Gasteiger partial charge in [-0.2, -0.15) is 0 Å². The Morgan fingerprint density at radius 2 is 2.00 bits per heavy atom. The van der Waals surface area contributed by atoms with Gasteiger partial charge in [0.15, 0.2) is 0 Å². The van der Waals surface area contributed by atoms with Gasteiger partial charge in [0.1, 0.15) is 5.75 Å². The molecule has 28 heavy (non-hydrogen) atoms. The first kappa shape index (κ1) is 19.2. The molecule has 8 heteroatoms. The zero-order valence-corrected chi connectivity index (χ0v) is 15.6. The number of hydrogen-bond donors (Lipinski definition) is 3. The quantitative estimate of drug-likeness (QED) is 0.573. The number of H-pyrrole nitrogens is 1. The Labute approximate surface area is 160 Å². The predicted octanol–water partition coefficient (Wildman–Crippen LogP) is 1.55. The highest BCUT2D eigenvalue weighted by atomic mass is 16.5. The topological polar surface area (TPSA) is 113 Å². The second-order valence-electron chi connectivity index (χ2n) is 6.48. The van der Waals surface area contributed by atoms with Gasteiger partial charge in [-0.1, -0.05) is 18.2 Å². The average molecular weight is 383 g/mol. The van der Waals surface area contributed by atoms with Crippen LogP contribution in [0, 0.1) is 5.92 Å². The molecule has 0 fully saturated rings. The smallest absolute Gasteiger partial charge is 0.326 e. The van der Waals surface area contributed by atoms with E-state index in [4.69, 9.17) is 4.74 Å². The maximum absolute atomic E-state index is 12.5. The summed E-state index contributed by atoms with van der Waals surface area (Å²) >= 11 is 0. The SMILES string of the molecule is COc1ccccc1CC(CNC(=O)c1ccc2[nH]c(=O)n(C)c2c1)C(=O)O. The molecule has 0 radical (unpaired) electrons. The number of rotatable bonds is 7. The molecule has 8 nitrogen and oxygen atoms in total. The number of carboxylic acids is 1. The van der Waals surface area contributed by atoms with Gasteiger partial charge in [0.25, 0.3) is 5.91 Å². The van der Waals surface area contributed by atoms with Crippen LogP contribution in [-0.2, 0) is 18.3 Å². The fourth-order valence-electron chi connectivity index (χ4n) is 3.07. The highest BCUT2D eigenvalue weighted by molar-refractivity contribution is 5.97. The van der Waals surface area contributed by atoms with E-state index >= 15 is 0 Å². The largest absolute Gasteiger partial charge is 0.496 e. The second-order valence-corrected chi connectivity index (χ2v) is 6.48. The number of para-hydroxylation sites is 1. The van der Waals surface area contributed by atoms with Gasteiger partial charge < -0.3 is 20.1 Å². The molecule has 1 unspecified atom stereocenters. The van der Waals surface area contributed by atoms with Crippen LogP contribution in [0.1, 0.15) is 15.9 Å². The van der Waals surface area contributed by atoms with Crippen molar-refractivity contribution in [2.75, 3.05) is 13.7 Å². The number of benzene rings is 2. The number of carbonyl (C=O) groups is 2. The zero-order valence-electron chi connectivity index (χ0n) is 15.6. The molecular weight excluding hydrogens is 362 g/mol. The lowest BCUT2D eigenvalue weighted by Gasteiger charge is -2.15.